The van der Waals surface area contributed by atoms with E-state index in [0.717, 1.165) is 34.8 Å². The highest BCUT2D eigenvalue weighted by Crippen LogP contribution is 2.29. The molecule has 2 aromatic heterocycles. The number of rotatable bonds is 2. The van der Waals surface area contributed by atoms with E-state index in [4.69, 9.17) is 0 Å². The van der Waals surface area contributed by atoms with Crippen molar-refractivity contribution in [2.24, 2.45) is 7.05 Å². The zero-order chi connectivity index (χ0) is 19.3. The molecule has 0 spiro atoms. The second-order valence-corrected chi connectivity index (χ2v) is 7.31. The first kappa shape index (κ1) is 17.5. The van der Waals surface area contributed by atoms with Crippen LogP contribution in [-0.4, -0.2) is 45.3 Å². The molecule has 140 valence electrons. The molecule has 7 heteroatoms. The van der Waals surface area contributed by atoms with Crippen LogP contribution in [0.15, 0.2) is 18.2 Å². The Morgan fingerprint density at radius 1 is 0.963 bits per heavy atom. The predicted molar refractivity (Wildman–Crippen MR) is 106 cm³/mol. The molecule has 0 bridgehead atoms. The topological polar surface area (TPSA) is 67.2 Å². The summed E-state index contributed by atoms with van der Waals surface area (Å²) >= 11 is 0. The molecule has 7 nitrogen and oxygen atoms in total. The van der Waals surface area contributed by atoms with Crippen molar-refractivity contribution in [3.8, 4) is 0 Å². The van der Waals surface area contributed by atoms with Crippen LogP contribution in [0.25, 0.3) is 11.0 Å². The number of carbonyl (C=O) groups is 1. The number of piperazine rings is 1. The number of nitrogens with zero attached hydrogens (tertiary/aromatic N) is 6. The first-order valence-corrected chi connectivity index (χ1v) is 9.15. The smallest absolute Gasteiger partial charge is 0.246 e. The molecule has 1 fully saturated rings. The molecular formula is C20H24N6O. The van der Waals surface area contributed by atoms with E-state index in [1.807, 2.05) is 30.7 Å². The van der Waals surface area contributed by atoms with Gasteiger partial charge in [0.1, 0.15) is 11.6 Å². The van der Waals surface area contributed by atoms with Crippen molar-refractivity contribution in [3.63, 3.8) is 0 Å². The van der Waals surface area contributed by atoms with Crippen LogP contribution in [0.4, 0.5) is 11.5 Å². The lowest BCUT2D eigenvalue weighted by Gasteiger charge is -2.35. The van der Waals surface area contributed by atoms with Gasteiger partial charge in [-0.1, -0.05) is 6.07 Å². The molecule has 0 radical (unpaired) electrons. The highest BCUT2D eigenvalue weighted by atomic mass is 16.2. The fraction of sp³-hybridized carbons (Fsp3) is 0.400. The Balaban J connectivity index is 1.68. The minimum absolute atomic E-state index is 0.0807. The van der Waals surface area contributed by atoms with Crippen LogP contribution >= 0.6 is 0 Å². The molecule has 3 aromatic rings. The largest absolute Gasteiger partial charge is 0.345 e. The maximum atomic E-state index is 12.9. The van der Waals surface area contributed by atoms with Crippen molar-refractivity contribution in [3.05, 3.63) is 40.8 Å². The van der Waals surface area contributed by atoms with Crippen molar-refractivity contribution in [1.82, 2.24) is 19.7 Å². The van der Waals surface area contributed by atoms with E-state index < -0.39 is 0 Å². The predicted octanol–water partition coefficient (Wildman–Crippen LogP) is 2.45. The molecule has 4 rings (SSSR count). The van der Waals surface area contributed by atoms with Gasteiger partial charge in [0.2, 0.25) is 5.91 Å². The molecule has 0 unspecified atom stereocenters. The second-order valence-electron chi connectivity index (χ2n) is 7.31. The Kier molecular flexibility index (Phi) is 4.09. The Bertz CT molecular complexity index is 1030. The van der Waals surface area contributed by atoms with Gasteiger partial charge in [0, 0.05) is 25.8 Å². The van der Waals surface area contributed by atoms with Crippen LogP contribution in [0.2, 0.25) is 0 Å². The molecule has 1 aromatic carbocycles. The van der Waals surface area contributed by atoms with Gasteiger partial charge in [0.15, 0.2) is 5.65 Å². The molecule has 0 aliphatic carbocycles. The van der Waals surface area contributed by atoms with Crippen LogP contribution in [-0.2, 0) is 11.8 Å². The first-order valence-electron chi connectivity index (χ1n) is 9.15. The van der Waals surface area contributed by atoms with E-state index in [0.29, 0.717) is 18.9 Å². The maximum absolute atomic E-state index is 12.9. The fourth-order valence-corrected chi connectivity index (χ4v) is 3.89. The SMILES string of the molecule is Cc1cc(C)cc(N2CCN(c3nc(C)nc4c3c(C)nn4C)CC2=O)c1. The van der Waals surface area contributed by atoms with Crippen molar-refractivity contribution >= 4 is 28.4 Å². The van der Waals surface area contributed by atoms with Gasteiger partial charge in [-0.2, -0.15) is 5.10 Å². The van der Waals surface area contributed by atoms with E-state index in [1.54, 1.807) is 4.68 Å². The number of aryl methyl sites for hydroxylation is 5. The fourth-order valence-electron chi connectivity index (χ4n) is 3.89. The Morgan fingerprint density at radius 2 is 1.67 bits per heavy atom. The van der Waals surface area contributed by atoms with Crippen LogP contribution in [0.5, 0.6) is 0 Å². The molecule has 0 saturated carbocycles. The van der Waals surface area contributed by atoms with Crippen molar-refractivity contribution < 1.29 is 4.79 Å². The average molecular weight is 364 g/mol. The zero-order valence-corrected chi connectivity index (χ0v) is 16.4. The third-order valence-electron chi connectivity index (χ3n) is 4.99. The summed E-state index contributed by atoms with van der Waals surface area (Å²) in [6.45, 7) is 9.60. The summed E-state index contributed by atoms with van der Waals surface area (Å²) in [7, 11) is 1.88. The van der Waals surface area contributed by atoms with Crippen molar-refractivity contribution in [2.45, 2.75) is 27.7 Å². The lowest BCUT2D eigenvalue weighted by atomic mass is 10.1. The summed E-state index contributed by atoms with van der Waals surface area (Å²) in [5, 5.41) is 5.41. The minimum Gasteiger partial charge on any atom is -0.345 e. The van der Waals surface area contributed by atoms with E-state index in [2.05, 4.69) is 47.1 Å². The van der Waals surface area contributed by atoms with Gasteiger partial charge in [-0.3, -0.25) is 9.48 Å². The molecule has 1 aliphatic rings. The van der Waals surface area contributed by atoms with Crippen LogP contribution in [0, 0.1) is 27.7 Å². The molecule has 27 heavy (non-hydrogen) atoms. The molecule has 0 N–H and O–H groups in total. The summed E-state index contributed by atoms with van der Waals surface area (Å²) in [6, 6.07) is 6.26. The van der Waals surface area contributed by atoms with Crippen LogP contribution in [0.1, 0.15) is 22.6 Å². The van der Waals surface area contributed by atoms with Crippen molar-refractivity contribution in [2.75, 3.05) is 29.4 Å². The molecule has 3 heterocycles. The molecule has 1 saturated heterocycles. The van der Waals surface area contributed by atoms with E-state index >= 15 is 0 Å². The molecular weight excluding hydrogens is 340 g/mol. The summed E-state index contributed by atoms with van der Waals surface area (Å²) < 4.78 is 1.77. The molecule has 1 amide bonds. The monoisotopic (exact) mass is 364 g/mol. The van der Waals surface area contributed by atoms with Gasteiger partial charge in [-0.25, -0.2) is 9.97 Å². The lowest BCUT2D eigenvalue weighted by molar-refractivity contribution is -0.117. The van der Waals surface area contributed by atoms with Gasteiger partial charge in [-0.05, 0) is 51.0 Å². The maximum Gasteiger partial charge on any atom is 0.246 e. The highest BCUT2D eigenvalue weighted by molar-refractivity contribution is 5.99. The Labute approximate surface area is 158 Å². The summed E-state index contributed by atoms with van der Waals surface area (Å²) in [5.41, 5.74) is 4.99. The lowest BCUT2D eigenvalue weighted by Crippen LogP contribution is -2.51. The van der Waals surface area contributed by atoms with Crippen LogP contribution < -0.4 is 9.80 Å². The summed E-state index contributed by atoms with van der Waals surface area (Å²) in [6.07, 6.45) is 0. The zero-order valence-electron chi connectivity index (χ0n) is 16.4. The Hall–Kier alpha value is -2.96. The molecule has 1 aliphatic heterocycles. The number of amides is 1. The van der Waals surface area contributed by atoms with Gasteiger partial charge >= 0.3 is 0 Å². The number of benzene rings is 1. The average Bonchev–Trinajstić information content (AvgIpc) is 2.87. The van der Waals surface area contributed by atoms with Gasteiger partial charge in [-0.15, -0.1) is 0 Å². The number of fused-ring (bicyclic) bond motifs is 1. The quantitative estimate of drug-likeness (QED) is 0.699. The third-order valence-corrected chi connectivity index (χ3v) is 4.99. The van der Waals surface area contributed by atoms with E-state index in [-0.39, 0.29) is 5.91 Å². The number of carbonyl (C=O) groups excluding carboxylic acids is 1. The standard InChI is InChI=1S/C20H24N6O/c1-12-8-13(2)10-16(9-12)26-7-6-25(11-17(26)27)20-18-14(3)23-24(5)19(18)21-15(4)22-20/h8-10H,6-7,11H2,1-5H3. The normalized spacial score (nSPS) is 15.1. The second kappa shape index (κ2) is 6.33. The summed E-state index contributed by atoms with van der Waals surface area (Å²) in [5.74, 6) is 1.57. The highest BCUT2D eigenvalue weighted by Gasteiger charge is 2.28. The molecule has 0 atom stereocenters. The summed E-state index contributed by atoms with van der Waals surface area (Å²) in [4.78, 5) is 26.0. The van der Waals surface area contributed by atoms with E-state index in [1.165, 1.54) is 11.1 Å². The van der Waals surface area contributed by atoms with E-state index in [9.17, 15) is 4.79 Å². The number of anilines is 2. The third kappa shape index (κ3) is 3.03. The van der Waals surface area contributed by atoms with Gasteiger partial charge in [0.25, 0.3) is 0 Å². The number of hydrogen-bond donors (Lipinski definition) is 0. The first-order chi connectivity index (χ1) is 12.8. The Morgan fingerprint density at radius 3 is 2.33 bits per heavy atom. The van der Waals surface area contributed by atoms with Gasteiger partial charge < -0.3 is 9.80 Å². The number of aromatic nitrogens is 4. The van der Waals surface area contributed by atoms with Crippen LogP contribution in [0.3, 0.4) is 0 Å². The van der Waals surface area contributed by atoms with Crippen molar-refractivity contribution in [1.29, 1.82) is 0 Å². The number of hydrogen-bond acceptors (Lipinski definition) is 5. The minimum atomic E-state index is 0.0807. The van der Waals surface area contributed by atoms with Gasteiger partial charge in [0.05, 0.1) is 17.6 Å².